The van der Waals surface area contributed by atoms with Crippen molar-refractivity contribution in [1.29, 1.82) is 0 Å². The molecule has 0 aliphatic carbocycles. The van der Waals surface area contributed by atoms with Crippen molar-refractivity contribution in [2.24, 2.45) is 0 Å². The van der Waals surface area contributed by atoms with Gasteiger partial charge in [-0.3, -0.25) is 14.5 Å². The molecule has 0 saturated heterocycles. The van der Waals surface area contributed by atoms with Crippen molar-refractivity contribution in [3.8, 4) is 0 Å². The van der Waals surface area contributed by atoms with Crippen molar-refractivity contribution < 1.29 is 13.2 Å². The zero-order valence-corrected chi connectivity index (χ0v) is 18.1. The lowest BCUT2D eigenvalue weighted by Crippen LogP contribution is -2.26. The maximum absolute atomic E-state index is 12.3. The highest BCUT2D eigenvalue weighted by Gasteiger charge is 2.10. The number of hydrogen-bond acceptors (Lipinski definition) is 5. The molecule has 9 heteroatoms. The van der Waals surface area contributed by atoms with Gasteiger partial charge in [0, 0.05) is 46.6 Å². The molecule has 0 aliphatic heterocycles. The van der Waals surface area contributed by atoms with Crippen molar-refractivity contribution in [3.05, 3.63) is 65.3 Å². The number of sulfonamides is 1. The number of benzene rings is 2. The SMILES string of the molecule is CCS(=O)(=O)Nc1cccc(C(=O)NCCCNc2ccnc3cc(Cl)ccc23)c1. The summed E-state index contributed by atoms with van der Waals surface area (Å²) in [5.74, 6) is -0.285. The fourth-order valence-electron chi connectivity index (χ4n) is 2.87. The van der Waals surface area contributed by atoms with Crippen LogP contribution in [0.3, 0.4) is 0 Å². The van der Waals surface area contributed by atoms with Crippen LogP contribution in [0.2, 0.25) is 5.02 Å². The van der Waals surface area contributed by atoms with E-state index in [9.17, 15) is 13.2 Å². The van der Waals surface area contributed by atoms with Crippen LogP contribution in [0.4, 0.5) is 11.4 Å². The molecule has 1 heterocycles. The minimum absolute atomic E-state index is 0.0315. The molecule has 158 valence electrons. The third kappa shape index (κ3) is 5.84. The lowest BCUT2D eigenvalue weighted by Gasteiger charge is -2.11. The number of anilines is 2. The van der Waals surface area contributed by atoms with Gasteiger partial charge in [0.05, 0.1) is 11.3 Å². The van der Waals surface area contributed by atoms with Gasteiger partial charge in [0.15, 0.2) is 0 Å². The van der Waals surface area contributed by atoms with Crippen LogP contribution >= 0.6 is 11.6 Å². The Morgan fingerprint density at radius 1 is 1.10 bits per heavy atom. The number of fused-ring (bicyclic) bond motifs is 1. The largest absolute Gasteiger partial charge is 0.384 e. The van der Waals surface area contributed by atoms with Crippen LogP contribution in [-0.2, 0) is 10.0 Å². The number of aromatic nitrogens is 1. The van der Waals surface area contributed by atoms with E-state index in [0.29, 0.717) is 35.8 Å². The molecule has 3 N–H and O–H groups in total. The van der Waals surface area contributed by atoms with E-state index in [4.69, 9.17) is 11.6 Å². The first kappa shape index (κ1) is 21.9. The first-order chi connectivity index (χ1) is 14.4. The summed E-state index contributed by atoms with van der Waals surface area (Å²) in [6, 6.07) is 13.9. The van der Waals surface area contributed by atoms with Gasteiger partial charge in [0.1, 0.15) is 0 Å². The van der Waals surface area contributed by atoms with Crippen LogP contribution in [0.5, 0.6) is 0 Å². The number of nitrogens with one attached hydrogen (secondary N) is 3. The maximum atomic E-state index is 12.3. The van der Waals surface area contributed by atoms with Gasteiger partial charge in [-0.1, -0.05) is 17.7 Å². The summed E-state index contributed by atoms with van der Waals surface area (Å²) in [6.45, 7) is 2.70. The second kappa shape index (κ2) is 9.77. The average Bonchev–Trinajstić information content (AvgIpc) is 2.73. The molecular weight excluding hydrogens is 424 g/mol. The van der Waals surface area contributed by atoms with Gasteiger partial charge in [0.25, 0.3) is 5.91 Å². The van der Waals surface area contributed by atoms with Gasteiger partial charge in [-0.05, 0) is 55.8 Å². The van der Waals surface area contributed by atoms with E-state index in [0.717, 1.165) is 16.6 Å². The third-order valence-electron chi connectivity index (χ3n) is 4.44. The summed E-state index contributed by atoms with van der Waals surface area (Å²) in [6.07, 6.45) is 2.44. The van der Waals surface area contributed by atoms with Gasteiger partial charge in [-0.2, -0.15) is 0 Å². The molecule has 0 atom stereocenters. The highest BCUT2D eigenvalue weighted by atomic mass is 35.5. The molecule has 1 aromatic heterocycles. The van der Waals surface area contributed by atoms with Gasteiger partial charge < -0.3 is 10.6 Å². The Morgan fingerprint density at radius 2 is 1.93 bits per heavy atom. The normalized spacial score (nSPS) is 11.3. The monoisotopic (exact) mass is 446 g/mol. The fraction of sp³-hybridized carbons (Fsp3) is 0.238. The van der Waals surface area contributed by atoms with E-state index in [1.54, 1.807) is 31.3 Å². The van der Waals surface area contributed by atoms with Crippen LogP contribution < -0.4 is 15.4 Å². The van der Waals surface area contributed by atoms with Crippen molar-refractivity contribution in [3.63, 3.8) is 0 Å². The summed E-state index contributed by atoms with van der Waals surface area (Å²) in [4.78, 5) is 16.7. The molecule has 0 fully saturated rings. The minimum Gasteiger partial charge on any atom is -0.384 e. The van der Waals surface area contributed by atoms with E-state index in [2.05, 4.69) is 20.3 Å². The molecule has 30 heavy (non-hydrogen) atoms. The Hall–Kier alpha value is -2.84. The Balaban J connectivity index is 1.50. The zero-order chi connectivity index (χ0) is 21.6. The molecule has 0 spiro atoms. The lowest BCUT2D eigenvalue weighted by atomic mass is 10.2. The van der Waals surface area contributed by atoms with E-state index < -0.39 is 10.0 Å². The summed E-state index contributed by atoms with van der Waals surface area (Å²) in [7, 11) is -3.39. The van der Waals surface area contributed by atoms with Crippen LogP contribution in [0.1, 0.15) is 23.7 Å². The molecule has 0 radical (unpaired) electrons. The summed E-state index contributed by atoms with van der Waals surface area (Å²) >= 11 is 6.01. The number of nitrogens with zero attached hydrogens (tertiary/aromatic N) is 1. The third-order valence-corrected chi connectivity index (χ3v) is 5.98. The van der Waals surface area contributed by atoms with E-state index in [1.165, 1.54) is 6.07 Å². The average molecular weight is 447 g/mol. The summed E-state index contributed by atoms with van der Waals surface area (Å²) in [5, 5.41) is 7.82. The number of amides is 1. The number of halogens is 1. The number of pyridine rings is 1. The zero-order valence-electron chi connectivity index (χ0n) is 16.5. The Morgan fingerprint density at radius 3 is 2.73 bits per heavy atom. The van der Waals surface area contributed by atoms with Crippen molar-refractivity contribution in [2.45, 2.75) is 13.3 Å². The van der Waals surface area contributed by atoms with Gasteiger partial charge in [-0.25, -0.2) is 8.42 Å². The highest BCUT2D eigenvalue weighted by Crippen LogP contribution is 2.24. The molecule has 0 unspecified atom stereocenters. The van der Waals surface area contributed by atoms with Crippen LogP contribution in [0, 0.1) is 0 Å². The molecule has 2 aromatic carbocycles. The second-order valence-corrected chi connectivity index (χ2v) is 9.09. The standard InChI is InChI=1S/C21H23ClN4O3S/c1-2-30(28,29)26-17-6-3-5-15(13-17)21(27)25-11-4-10-23-19-9-12-24-20-14-16(22)7-8-18(19)20/h3,5-9,12-14,26H,2,4,10-11H2,1H3,(H,23,24)(H,25,27). The first-order valence-corrected chi connectivity index (χ1v) is 11.6. The molecule has 0 saturated carbocycles. The van der Waals surface area contributed by atoms with E-state index >= 15 is 0 Å². The van der Waals surface area contributed by atoms with Crippen molar-refractivity contribution >= 4 is 49.8 Å². The number of carbonyl (C=O) groups is 1. The number of hydrogen-bond donors (Lipinski definition) is 3. The molecule has 7 nitrogen and oxygen atoms in total. The molecule has 1 amide bonds. The quantitative estimate of drug-likeness (QED) is 0.433. The predicted octanol–water partition coefficient (Wildman–Crippen LogP) is 3.88. The van der Waals surface area contributed by atoms with E-state index in [1.807, 2.05) is 24.3 Å². The van der Waals surface area contributed by atoms with Gasteiger partial charge >= 0.3 is 0 Å². The summed E-state index contributed by atoms with van der Waals surface area (Å²) < 4.78 is 25.8. The van der Waals surface area contributed by atoms with E-state index in [-0.39, 0.29) is 11.7 Å². The molecular formula is C21H23ClN4O3S. The van der Waals surface area contributed by atoms with Gasteiger partial charge in [0.2, 0.25) is 10.0 Å². The molecule has 0 aliphatic rings. The van der Waals surface area contributed by atoms with Crippen molar-refractivity contribution in [2.75, 3.05) is 28.9 Å². The fourth-order valence-corrected chi connectivity index (χ4v) is 3.66. The maximum Gasteiger partial charge on any atom is 0.251 e. The van der Waals surface area contributed by atoms with Crippen molar-refractivity contribution in [1.82, 2.24) is 10.3 Å². The Labute approximate surface area is 180 Å². The van der Waals surface area contributed by atoms with Crippen LogP contribution in [0.25, 0.3) is 10.9 Å². The Bertz CT molecular complexity index is 1150. The molecule has 3 rings (SSSR count). The Kier molecular flexibility index (Phi) is 7.12. The van der Waals surface area contributed by atoms with Gasteiger partial charge in [-0.15, -0.1) is 0 Å². The lowest BCUT2D eigenvalue weighted by molar-refractivity contribution is 0.0953. The number of rotatable bonds is 9. The smallest absolute Gasteiger partial charge is 0.251 e. The minimum atomic E-state index is -3.39. The summed E-state index contributed by atoms with van der Waals surface area (Å²) in [5.41, 5.74) is 2.55. The number of carbonyl (C=O) groups excluding carboxylic acids is 1. The molecule has 3 aromatic rings. The highest BCUT2D eigenvalue weighted by molar-refractivity contribution is 7.92. The first-order valence-electron chi connectivity index (χ1n) is 9.55. The van der Waals surface area contributed by atoms with Crippen LogP contribution in [0.15, 0.2) is 54.7 Å². The topological polar surface area (TPSA) is 100 Å². The second-order valence-electron chi connectivity index (χ2n) is 6.64. The predicted molar refractivity (Wildman–Crippen MR) is 122 cm³/mol. The van der Waals surface area contributed by atoms with Crippen LogP contribution in [-0.4, -0.2) is 38.2 Å². The molecule has 0 bridgehead atoms.